The van der Waals surface area contributed by atoms with Crippen LogP contribution < -0.4 is 10.6 Å². The zero-order valence-electron chi connectivity index (χ0n) is 11.6. The van der Waals surface area contributed by atoms with Gasteiger partial charge in [-0.05, 0) is 17.7 Å². The highest BCUT2D eigenvalue weighted by Gasteiger charge is 2.12. The van der Waals surface area contributed by atoms with E-state index in [0.29, 0.717) is 6.42 Å². The van der Waals surface area contributed by atoms with E-state index in [0.717, 1.165) is 48.1 Å². The highest BCUT2D eigenvalue weighted by Crippen LogP contribution is 2.14. The first kappa shape index (κ1) is 13.6. The summed E-state index contributed by atoms with van der Waals surface area (Å²) in [6.45, 7) is 3.23. The quantitative estimate of drug-likeness (QED) is 0.895. The van der Waals surface area contributed by atoms with Crippen LogP contribution in [0.15, 0.2) is 30.6 Å². The topological polar surface area (TPSA) is 86.3 Å². The summed E-state index contributed by atoms with van der Waals surface area (Å²) in [7, 11) is 0. The Morgan fingerprint density at radius 2 is 2.10 bits per heavy atom. The maximum Gasteiger partial charge on any atom is 0.339 e. The van der Waals surface area contributed by atoms with Crippen molar-refractivity contribution in [3.05, 3.63) is 41.9 Å². The molecule has 0 unspecified atom stereocenters. The maximum absolute atomic E-state index is 11.0. The number of carbonyl (C=O) groups is 1. The molecule has 2 N–H and O–H groups in total. The first-order chi connectivity index (χ1) is 10.2. The van der Waals surface area contributed by atoms with Crippen molar-refractivity contribution in [1.82, 2.24) is 14.8 Å². The molecule has 7 heteroatoms. The average Bonchev–Trinajstić information content (AvgIpc) is 2.98. The smallest absolute Gasteiger partial charge is 0.339 e. The third-order valence-electron chi connectivity index (χ3n) is 3.40. The first-order valence-electron chi connectivity index (χ1n) is 6.84. The number of nitrogens with two attached hydrogens (primary N) is 1. The highest BCUT2D eigenvalue weighted by molar-refractivity contribution is 5.73. The van der Waals surface area contributed by atoms with E-state index in [2.05, 4.69) is 15.0 Å². The molecule has 1 fully saturated rings. The van der Waals surface area contributed by atoms with Crippen LogP contribution in [0.5, 0.6) is 0 Å². The number of nitrogens with zero attached hydrogens (tertiary/aromatic N) is 4. The third kappa shape index (κ3) is 3.19. The zero-order chi connectivity index (χ0) is 14.7. The maximum atomic E-state index is 11.0. The van der Waals surface area contributed by atoms with Gasteiger partial charge in [0.2, 0.25) is 0 Å². The largest absolute Gasteiger partial charge is 0.378 e. The van der Waals surface area contributed by atoms with Crippen LogP contribution in [0, 0.1) is 0 Å². The molecular formula is C14H17N5O2. The molecule has 0 aromatic carbocycles. The molecule has 3 heterocycles. The van der Waals surface area contributed by atoms with E-state index in [-0.39, 0.29) is 0 Å². The third-order valence-corrected chi connectivity index (χ3v) is 3.40. The van der Waals surface area contributed by atoms with E-state index in [1.54, 1.807) is 12.3 Å². The van der Waals surface area contributed by atoms with Crippen molar-refractivity contribution in [3.8, 4) is 0 Å². The number of hydrogen-bond donors (Lipinski definition) is 1. The molecule has 0 bridgehead atoms. The number of carbonyl (C=O) groups excluding carboxylic acids is 1. The van der Waals surface area contributed by atoms with Crippen molar-refractivity contribution in [2.45, 2.75) is 6.42 Å². The molecule has 0 atom stereocenters. The summed E-state index contributed by atoms with van der Waals surface area (Å²) in [5, 5.41) is 4.10. The Hall–Kier alpha value is -2.41. The minimum atomic E-state index is -0.581. The highest BCUT2D eigenvalue weighted by atomic mass is 16.5. The fourth-order valence-electron chi connectivity index (χ4n) is 2.29. The fourth-order valence-corrected chi connectivity index (χ4v) is 2.29. The predicted molar refractivity (Wildman–Crippen MR) is 77.3 cm³/mol. The van der Waals surface area contributed by atoms with Gasteiger partial charge in [0.15, 0.2) is 0 Å². The van der Waals surface area contributed by atoms with Crippen LogP contribution in [0.3, 0.4) is 0 Å². The molecule has 110 valence electrons. The Bertz CT molecular complexity index is 617. The summed E-state index contributed by atoms with van der Waals surface area (Å²) in [6.07, 6.45) is 4.03. The Labute approximate surface area is 122 Å². The average molecular weight is 287 g/mol. The lowest BCUT2D eigenvalue weighted by atomic mass is 10.1. The van der Waals surface area contributed by atoms with Gasteiger partial charge in [-0.15, -0.1) is 0 Å². The Balaban J connectivity index is 1.67. The minimum Gasteiger partial charge on any atom is -0.378 e. The predicted octanol–water partition coefficient (Wildman–Crippen LogP) is 0.632. The number of rotatable bonds is 3. The van der Waals surface area contributed by atoms with Crippen LogP contribution in [-0.4, -0.2) is 47.1 Å². The van der Waals surface area contributed by atoms with Crippen molar-refractivity contribution in [3.63, 3.8) is 0 Å². The summed E-state index contributed by atoms with van der Waals surface area (Å²) in [6, 6.07) is 5.23. The zero-order valence-corrected chi connectivity index (χ0v) is 11.6. The number of morpholine rings is 1. The first-order valence-corrected chi connectivity index (χ1v) is 6.84. The van der Waals surface area contributed by atoms with Gasteiger partial charge in [0.25, 0.3) is 0 Å². The summed E-state index contributed by atoms with van der Waals surface area (Å²) >= 11 is 0. The summed E-state index contributed by atoms with van der Waals surface area (Å²) in [4.78, 5) is 17.7. The van der Waals surface area contributed by atoms with Gasteiger partial charge >= 0.3 is 6.03 Å². The van der Waals surface area contributed by atoms with Gasteiger partial charge in [-0.1, -0.05) is 6.07 Å². The number of ether oxygens (including phenoxy) is 1. The van der Waals surface area contributed by atoms with Gasteiger partial charge in [-0.25, -0.2) is 9.78 Å². The van der Waals surface area contributed by atoms with Gasteiger partial charge in [0.05, 0.1) is 18.9 Å². The Kier molecular flexibility index (Phi) is 3.83. The van der Waals surface area contributed by atoms with Crippen molar-refractivity contribution in [2.24, 2.45) is 5.73 Å². The second-order valence-electron chi connectivity index (χ2n) is 4.89. The molecule has 3 rings (SSSR count). The molecule has 2 aromatic heterocycles. The number of amides is 1. The Morgan fingerprint density at radius 1 is 1.29 bits per heavy atom. The van der Waals surface area contributed by atoms with E-state index < -0.39 is 6.03 Å². The number of aromatic nitrogens is 3. The summed E-state index contributed by atoms with van der Waals surface area (Å²) < 4.78 is 6.46. The van der Waals surface area contributed by atoms with Crippen LogP contribution in [0.4, 0.5) is 10.6 Å². The van der Waals surface area contributed by atoms with E-state index >= 15 is 0 Å². The van der Waals surface area contributed by atoms with E-state index in [1.165, 1.54) is 0 Å². The molecule has 1 aliphatic rings. The molecule has 0 saturated carbocycles. The lowest BCUT2D eigenvalue weighted by Gasteiger charge is -2.27. The lowest BCUT2D eigenvalue weighted by Crippen LogP contribution is -2.36. The van der Waals surface area contributed by atoms with Crippen molar-refractivity contribution in [2.75, 3.05) is 31.2 Å². The standard InChI is InChI=1S/C14H17N5O2/c15-14(20)19-4-3-12(17-19)9-11-1-2-13(16-10-11)18-5-7-21-8-6-18/h1-4,10H,5-9H2,(H2,15,20). The summed E-state index contributed by atoms with van der Waals surface area (Å²) in [5.41, 5.74) is 6.99. The molecule has 0 radical (unpaired) electrons. The molecule has 2 aromatic rings. The van der Waals surface area contributed by atoms with Gasteiger partial charge < -0.3 is 15.4 Å². The molecule has 21 heavy (non-hydrogen) atoms. The molecule has 1 amide bonds. The van der Waals surface area contributed by atoms with Gasteiger partial charge in [0.1, 0.15) is 5.82 Å². The van der Waals surface area contributed by atoms with Crippen LogP contribution in [-0.2, 0) is 11.2 Å². The number of hydrogen-bond acceptors (Lipinski definition) is 5. The van der Waals surface area contributed by atoms with Gasteiger partial charge in [0, 0.05) is 31.9 Å². The Morgan fingerprint density at radius 3 is 2.71 bits per heavy atom. The number of pyridine rings is 1. The van der Waals surface area contributed by atoms with Crippen LogP contribution in [0.2, 0.25) is 0 Å². The molecule has 1 saturated heterocycles. The monoisotopic (exact) mass is 287 g/mol. The summed E-state index contributed by atoms with van der Waals surface area (Å²) in [5.74, 6) is 0.963. The van der Waals surface area contributed by atoms with Crippen molar-refractivity contribution < 1.29 is 9.53 Å². The lowest BCUT2D eigenvalue weighted by molar-refractivity contribution is 0.122. The second kappa shape index (κ2) is 5.92. The van der Waals surface area contributed by atoms with E-state index in [9.17, 15) is 4.79 Å². The number of primary amides is 1. The van der Waals surface area contributed by atoms with Gasteiger partial charge in [-0.3, -0.25) is 0 Å². The minimum absolute atomic E-state index is 0.581. The molecule has 7 nitrogen and oxygen atoms in total. The van der Waals surface area contributed by atoms with Crippen LogP contribution >= 0.6 is 0 Å². The van der Waals surface area contributed by atoms with Crippen LogP contribution in [0.25, 0.3) is 0 Å². The van der Waals surface area contributed by atoms with Crippen molar-refractivity contribution in [1.29, 1.82) is 0 Å². The van der Waals surface area contributed by atoms with E-state index in [4.69, 9.17) is 10.5 Å². The van der Waals surface area contributed by atoms with Gasteiger partial charge in [-0.2, -0.15) is 9.78 Å². The SMILES string of the molecule is NC(=O)n1ccc(Cc2ccc(N3CCOCC3)nc2)n1. The molecule has 1 aliphatic heterocycles. The second-order valence-corrected chi connectivity index (χ2v) is 4.89. The van der Waals surface area contributed by atoms with Crippen molar-refractivity contribution >= 4 is 11.8 Å². The number of anilines is 1. The van der Waals surface area contributed by atoms with E-state index in [1.807, 2.05) is 18.3 Å². The van der Waals surface area contributed by atoms with Crippen LogP contribution in [0.1, 0.15) is 11.3 Å². The molecule has 0 spiro atoms. The fraction of sp³-hybridized carbons (Fsp3) is 0.357. The normalized spacial score (nSPS) is 15.1. The molecule has 0 aliphatic carbocycles. The molecular weight excluding hydrogens is 270 g/mol.